The van der Waals surface area contributed by atoms with Crippen molar-refractivity contribution >= 4 is 5.91 Å². The Morgan fingerprint density at radius 3 is 2.59 bits per heavy atom. The summed E-state index contributed by atoms with van der Waals surface area (Å²) in [6.07, 6.45) is 4.34. The highest BCUT2D eigenvalue weighted by molar-refractivity contribution is 5.77. The Kier molecular flexibility index (Phi) is 4.67. The summed E-state index contributed by atoms with van der Waals surface area (Å²) in [5.41, 5.74) is 7.01. The summed E-state index contributed by atoms with van der Waals surface area (Å²) in [7, 11) is 0. The molecule has 4 rings (SSSR count). The summed E-state index contributed by atoms with van der Waals surface area (Å²) in [4.78, 5) is 14.0. The standard InChI is InChI=1S/C19H21F3N4O/c20-15-8-17(22)16(21)6-12(15)5-13(23)7-19(27)25-9-14(10-25)26-4-3-18(24-26)11-1-2-11/h3-4,6,8,11,13-14H,1-2,5,7,9-10,23H2/t13-/m1/s1. The van der Waals surface area contributed by atoms with Crippen LogP contribution < -0.4 is 5.73 Å². The highest BCUT2D eigenvalue weighted by Gasteiger charge is 2.34. The molecule has 1 aromatic carbocycles. The minimum atomic E-state index is -1.24. The maximum Gasteiger partial charge on any atom is 0.224 e. The SMILES string of the molecule is N[C@@H](CC(=O)N1CC(n2ccc(C3CC3)n2)C1)Cc1cc(F)c(F)cc1F. The molecule has 2 fully saturated rings. The molecule has 2 heterocycles. The number of rotatable bonds is 6. The van der Waals surface area contributed by atoms with E-state index in [1.807, 2.05) is 16.9 Å². The van der Waals surface area contributed by atoms with Crippen LogP contribution in [0, 0.1) is 17.5 Å². The lowest BCUT2D eigenvalue weighted by molar-refractivity contribution is -0.137. The van der Waals surface area contributed by atoms with Crippen LogP contribution in [-0.4, -0.2) is 39.7 Å². The van der Waals surface area contributed by atoms with Crippen molar-refractivity contribution in [3.05, 3.63) is 53.1 Å². The van der Waals surface area contributed by atoms with Gasteiger partial charge in [-0.2, -0.15) is 5.10 Å². The summed E-state index contributed by atoms with van der Waals surface area (Å²) in [5.74, 6) is -2.75. The number of halogens is 3. The lowest BCUT2D eigenvalue weighted by Gasteiger charge is -2.39. The number of nitrogens with zero attached hydrogens (tertiary/aromatic N) is 3. The van der Waals surface area contributed by atoms with Crippen LogP contribution in [-0.2, 0) is 11.2 Å². The first-order valence-electron chi connectivity index (χ1n) is 9.12. The van der Waals surface area contributed by atoms with Gasteiger partial charge < -0.3 is 10.6 Å². The molecule has 2 aliphatic rings. The molecule has 1 aliphatic carbocycles. The third-order valence-corrected chi connectivity index (χ3v) is 5.22. The second-order valence-corrected chi connectivity index (χ2v) is 7.47. The van der Waals surface area contributed by atoms with Gasteiger partial charge in [0.25, 0.3) is 0 Å². The molecular weight excluding hydrogens is 357 g/mol. The smallest absolute Gasteiger partial charge is 0.224 e. The van der Waals surface area contributed by atoms with Gasteiger partial charge in [-0.15, -0.1) is 0 Å². The molecule has 1 aliphatic heterocycles. The van der Waals surface area contributed by atoms with Crippen LogP contribution in [0.5, 0.6) is 0 Å². The van der Waals surface area contributed by atoms with E-state index < -0.39 is 23.5 Å². The molecule has 5 nitrogen and oxygen atoms in total. The Labute approximate surface area is 154 Å². The van der Waals surface area contributed by atoms with Gasteiger partial charge in [0.2, 0.25) is 5.91 Å². The molecule has 1 amide bonds. The summed E-state index contributed by atoms with van der Waals surface area (Å²) in [6.45, 7) is 1.13. The summed E-state index contributed by atoms with van der Waals surface area (Å²) in [6, 6.07) is 2.83. The van der Waals surface area contributed by atoms with Gasteiger partial charge in [-0.25, -0.2) is 13.2 Å². The minimum absolute atomic E-state index is 0.0254. The fourth-order valence-electron chi connectivity index (χ4n) is 3.41. The molecule has 1 saturated heterocycles. The van der Waals surface area contributed by atoms with E-state index in [-0.39, 0.29) is 30.4 Å². The highest BCUT2D eigenvalue weighted by Crippen LogP contribution is 2.39. The minimum Gasteiger partial charge on any atom is -0.338 e. The predicted molar refractivity (Wildman–Crippen MR) is 92.4 cm³/mol. The lowest BCUT2D eigenvalue weighted by atomic mass is 10.0. The number of benzene rings is 1. The monoisotopic (exact) mass is 378 g/mol. The number of carbonyl (C=O) groups is 1. The number of hydrogen-bond donors (Lipinski definition) is 1. The van der Waals surface area contributed by atoms with Crippen molar-refractivity contribution in [3.63, 3.8) is 0 Å². The van der Waals surface area contributed by atoms with E-state index in [1.165, 1.54) is 12.8 Å². The van der Waals surface area contributed by atoms with Gasteiger partial charge in [0, 0.05) is 43.7 Å². The van der Waals surface area contributed by atoms with Crippen molar-refractivity contribution in [2.75, 3.05) is 13.1 Å². The Bertz CT molecular complexity index is 859. The number of likely N-dealkylation sites (tertiary alicyclic amines) is 1. The summed E-state index contributed by atoms with van der Waals surface area (Å²) < 4.78 is 41.8. The van der Waals surface area contributed by atoms with E-state index in [0.717, 1.165) is 11.8 Å². The fraction of sp³-hybridized carbons (Fsp3) is 0.474. The van der Waals surface area contributed by atoms with Crippen molar-refractivity contribution in [2.45, 2.75) is 43.7 Å². The molecule has 0 spiro atoms. The van der Waals surface area contributed by atoms with E-state index in [9.17, 15) is 18.0 Å². The molecule has 1 aromatic heterocycles. The van der Waals surface area contributed by atoms with Crippen LogP contribution >= 0.6 is 0 Å². The zero-order valence-electron chi connectivity index (χ0n) is 14.7. The molecule has 0 bridgehead atoms. The molecule has 0 unspecified atom stereocenters. The normalized spacial score (nSPS) is 18.4. The van der Waals surface area contributed by atoms with Crippen LogP contribution in [0.1, 0.15) is 42.5 Å². The summed E-state index contributed by atoms with van der Waals surface area (Å²) in [5, 5.41) is 4.58. The summed E-state index contributed by atoms with van der Waals surface area (Å²) >= 11 is 0. The number of nitrogens with two attached hydrogens (primary N) is 1. The van der Waals surface area contributed by atoms with E-state index >= 15 is 0 Å². The van der Waals surface area contributed by atoms with Crippen molar-refractivity contribution < 1.29 is 18.0 Å². The number of amides is 1. The van der Waals surface area contributed by atoms with E-state index in [4.69, 9.17) is 5.73 Å². The first-order valence-corrected chi connectivity index (χ1v) is 9.12. The largest absolute Gasteiger partial charge is 0.338 e. The van der Waals surface area contributed by atoms with Crippen LogP contribution in [0.15, 0.2) is 24.4 Å². The molecule has 2 N–H and O–H groups in total. The fourth-order valence-corrected chi connectivity index (χ4v) is 3.41. The quantitative estimate of drug-likeness (QED) is 0.786. The van der Waals surface area contributed by atoms with Gasteiger partial charge in [-0.1, -0.05) is 0 Å². The van der Waals surface area contributed by atoms with Gasteiger partial charge in [0.1, 0.15) is 5.82 Å². The van der Waals surface area contributed by atoms with Crippen LogP contribution in [0.2, 0.25) is 0 Å². The van der Waals surface area contributed by atoms with E-state index in [1.54, 1.807) is 4.90 Å². The first-order chi connectivity index (χ1) is 12.9. The Morgan fingerprint density at radius 2 is 1.89 bits per heavy atom. The molecule has 1 saturated carbocycles. The molecule has 27 heavy (non-hydrogen) atoms. The van der Waals surface area contributed by atoms with Gasteiger partial charge in [-0.3, -0.25) is 9.48 Å². The van der Waals surface area contributed by atoms with Crippen molar-refractivity contribution in [1.82, 2.24) is 14.7 Å². The average Bonchev–Trinajstić information content (AvgIpc) is 3.30. The lowest BCUT2D eigenvalue weighted by Crippen LogP contribution is -2.52. The maximum absolute atomic E-state index is 13.7. The molecule has 8 heteroatoms. The number of hydrogen-bond acceptors (Lipinski definition) is 3. The van der Waals surface area contributed by atoms with Gasteiger partial charge >= 0.3 is 0 Å². The van der Waals surface area contributed by atoms with E-state index in [0.29, 0.717) is 25.1 Å². The van der Waals surface area contributed by atoms with Crippen molar-refractivity contribution in [3.8, 4) is 0 Å². The van der Waals surface area contributed by atoms with Gasteiger partial charge in [0.15, 0.2) is 11.6 Å². The number of aromatic nitrogens is 2. The van der Waals surface area contributed by atoms with Crippen molar-refractivity contribution in [2.24, 2.45) is 5.73 Å². The predicted octanol–water partition coefficient (Wildman–Crippen LogP) is 2.52. The Morgan fingerprint density at radius 1 is 1.19 bits per heavy atom. The third kappa shape index (κ3) is 3.85. The van der Waals surface area contributed by atoms with Crippen LogP contribution in [0.3, 0.4) is 0 Å². The topological polar surface area (TPSA) is 64.2 Å². The van der Waals surface area contributed by atoms with Crippen LogP contribution in [0.4, 0.5) is 13.2 Å². The zero-order chi connectivity index (χ0) is 19.1. The Balaban J connectivity index is 1.27. The second-order valence-electron chi connectivity index (χ2n) is 7.47. The maximum atomic E-state index is 13.7. The third-order valence-electron chi connectivity index (χ3n) is 5.22. The van der Waals surface area contributed by atoms with Gasteiger partial charge in [-0.05, 0) is 37.0 Å². The molecule has 0 radical (unpaired) electrons. The second kappa shape index (κ2) is 6.99. The molecule has 2 aromatic rings. The van der Waals surface area contributed by atoms with E-state index in [2.05, 4.69) is 5.10 Å². The molecule has 144 valence electrons. The Hall–Kier alpha value is -2.35. The van der Waals surface area contributed by atoms with Crippen LogP contribution in [0.25, 0.3) is 0 Å². The van der Waals surface area contributed by atoms with Crippen molar-refractivity contribution in [1.29, 1.82) is 0 Å². The first kappa shape index (κ1) is 18.0. The average molecular weight is 378 g/mol. The van der Waals surface area contributed by atoms with Gasteiger partial charge in [0.05, 0.1) is 11.7 Å². The molecule has 1 atom stereocenters. The highest BCUT2D eigenvalue weighted by atomic mass is 19.2. The number of carbonyl (C=O) groups excluding carboxylic acids is 1. The zero-order valence-corrected chi connectivity index (χ0v) is 14.7. The molecular formula is C19H21F3N4O.